The van der Waals surface area contributed by atoms with Gasteiger partial charge in [0.15, 0.2) is 0 Å². The summed E-state index contributed by atoms with van der Waals surface area (Å²) in [6.45, 7) is 8.42. The van der Waals surface area contributed by atoms with E-state index in [2.05, 4.69) is 41.6 Å². The molecule has 1 heterocycles. The number of benzene rings is 2. The number of nitrogens with one attached hydrogen (secondary N) is 2. The van der Waals surface area contributed by atoms with Gasteiger partial charge in [0.2, 0.25) is 0 Å². The number of amides is 1. The molecule has 0 aliphatic carbocycles. The predicted molar refractivity (Wildman–Crippen MR) is 152 cm³/mol. The van der Waals surface area contributed by atoms with Crippen LogP contribution in [-0.4, -0.2) is 10.9 Å². The molecule has 1 aromatic heterocycles. The number of nitrogens with two attached hydrogens (primary N) is 1. The highest BCUT2D eigenvalue weighted by atomic mass is 19.1. The smallest absolute Gasteiger partial charge is 0.255 e. The Morgan fingerprint density at radius 2 is 1.70 bits per heavy atom. The zero-order chi connectivity index (χ0) is 26.8. The molecule has 0 saturated carbocycles. The van der Waals surface area contributed by atoms with Gasteiger partial charge in [-0.25, -0.2) is 9.37 Å². The molecule has 4 N–H and O–H groups in total. The SMILES string of the molecule is CCCCC(CCC)c1ccc(C(=O)NC(=C(C)CC)c2ccc(Nc3ccccc3F)nc2N)cc1. The first-order valence-corrected chi connectivity index (χ1v) is 13.3. The van der Waals surface area contributed by atoms with Crippen LogP contribution in [0.5, 0.6) is 0 Å². The summed E-state index contributed by atoms with van der Waals surface area (Å²) in [7, 11) is 0. The van der Waals surface area contributed by atoms with Crippen molar-refractivity contribution >= 4 is 28.9 Å². The zero-order valence-electron chi connectivity index (χ0n) is 22.4. The van der Waals surface area contributed by atoms with E-state index in [1.807, 2.05) is 26.0 Å². The summed E-state index contributed by atoms with van der Waals surface area (Å²) in [5, 5.41) is 6.02. The standard InChI is InChI=1S/C31H39FN4O/c1-5-8-12-22(11-6-2)23-15-17-24(18-16-23)31(37)36-29(21(4)7-3)25-19-20-28(35-30(25)33)34-27-14-10-9-13-26(27)32/h9-10,13-20,22H,5-8,11-12H2,1-4H3,(H,36,37)(H3,33,34,35). The Morgan fingerprint density at radius 1 is 0.973 bits per heavy atom. The summed E-state index contributed by atoms with van der Waals surface area (Å²) in [6, 6.07) is 17.9. The van der Waals surface area contributed by atoms with Crippen LogP contribution in [0.3, 0.4) is 0 Å². The highest BCUT2D eigenvalue weighted by Crippen LogP contribution is 2.29. The summed E-state index contributed by atoms with van der Waals surface area (Å²) in [5.74, 6) is 0.633. The molecule has 5 nitrogen and oxygen atoms in total. The van der Waals surface area contributed by atoms with Gasteiger partial charge in [0.25, 0.3) is 5.91 Å². The second-order valence-corrected chi connectivity index (χ2v) is 9.45. The number of nitrogen functional groups attached to an aromatic ring is 1. The molecule has 2 aromatic carbocycles. The van der Waals surface area contributed by atoms with Crippen molar-refractivity contribution in [3.63, 3.8) is 0 Å². The highest BCUT2D eigenvalue weighted by Gasteiger charge is 2.17. The number of para-hydroxylation sites is 1. The van der Waals surface area contributed by atoms with E-state index in [0.29, 0.717) is 34.2 Å². The van der Waals surface area contributed by atoms with Crippen molar-refractivity contribution in [3.8, 4) is 0 Å². The number of rotatable bonds is 12. The second-order valence-electron chi connectivity index (χ2n) is 9.45. The lowest BCUT2D eigenvalue weighted by atomic mass is 9.89. The molecule has 0 aliphatic rings. The number of hydrogen-bond donors (Lipinski definition) is 3. The zero-order valence-corrected chi connectivity index (χ0v) is 22.4. The fraction of sp³-hybridized carbons (Fsp3) is 0.355. The van der Waals surface area contributed by atoms with Crippen LogP contribution in [0.2, 0.25) is 0 Å². The fourth-order valence-corrected chi connectivity index (χ4v) is 4.41. The van der Waals surface area contributed by atoms with Gasteiger partial charge in [-0.15, -0.1) is 0 Å². The first kappa shape index (κ1) is 27.9. The second kappa shape index (κ2) is 13.6. The molecule has 1 atom stereocenters. The maximum Gasteiger partial charge on any atom is 0.255 e. The molecular weight excluding hydrogens is 463 g/mol. The molecule has 0 fully saturated rings. The largest absolute Gasteiger partial charge is 0.383 e. The van der Waals surface area contributed by atoms with Crippen molar-refractivity contribution in [1.82, 2.24) is 10.3 Å². The first-order valence-electron chi connectivity index (χ1n) is 13.3. The van der Waals surface area contributed by atoms with E-state index in [4.69, 9.17) is 5.73 Å². The monoisotopic (exact) mass is 502 g/mol. The average Bonchev–Trinajstić information content (AvgIpc) is 2.91. The molecule has 6 heteroatoms. The van der Waals surface area contributed by atoms with Gasteiger partial charge >= 0.3 is 0 Å². The molecule has 37 heavy (non-hydrogen) atoms. The van der Waals surface area contributed by atoms with Gasteiger partial charge in [0, 0.05) is 11.1 Å². The number of carbonyl (C=O) groups is 1. The van der Waals surface area contributed by atoms with Crippen molar-refractivity contribution in [3.05, 3.63) is 88.7 Å². The summed E-state index contributed by atoms with van der Waals surface area (Å²) < 4.78 is 14.0. The summed E-state index contributed by atoms with van der Waals surface area (Å²) >= 11 is 0. The van der Waals surface area contributed by atoms with E-state index in [0.717, 1.165) is 24.8 Å². The Hall–Kier alpha value is -3.67. The van der Waals surface area contributed by atoms with E-state index in [-0.39, 0.29) is 17.5 Å². The minimum Gasteiger partial charge on any atom is -0.383 e. The molecule has 3 aromatic rings. The highest BCUT2D eigenvalue weighted by molar-refractivity contribution is 6.00. The molecule has 0 radical (unpaired) electrons. The number of carbonyl (C=O) groups excluding carboxylic acids is 1. The lowest BCUT2D eigenvalue weighted by Gasteiger charge is -2.18. The van der Waals surface area contributed by atoms with Gasteiger partial charge in [0.1, 0.15) is 17.5 Å². The number of nitrogens with zero attached hydrogens (tertiary/aromatic N) is 1. The third kappa shape index (κ3) is 7.42. The first-order chi connectivity index (χ1) is 17.9. The Balaban J connectivity index is 1.80. The lowest BCUT2D eigenvalue weighted by molar-refractivity contribution is 0.0973. The Morgan fingerprint density at radius 3 is 2.32 bits per heavy atom. The number of hydrogen-bond acceptors (Lipinski definition) is 4. The third-order valence-electron chi connectivity index (χ3n) is 6.71. The number of pyridine rings is 1. The van der Waals surface area contributed by atoms with Crippen LogP contribution >= 0.6 is 0 Å². The molecule has 1 amide bonds. The quantitative estimate of drug-likeness (QED) is 0.233. The molecule has 0 aliphatic heterocycles. The summed E-state index contributed by atoms with van der Waals surface area (Å²) in [4.78, 5) is 17.6. The van der Waals surface area contributed by atoms with Gasteiger partial charge in [-0.1, -0.05) is 64.3 Å². The fourth-order valence-electron chi connectivity index (χ4n) is 4.41. The van der Waals surface area contributed by atoms with Crippen molar-refractivity contribution in [2.45, 2.75) is 72.1 Å². The van der Waals surface area contributed by atoms with Crippen LogP contribution in [0.1, 0.15) is 93.6 Å². The molecule has 0 spiro atoms. The van der Waals surface area contributed by atoms with E-state index >= 15 is 0 Å². The van der Waals surface area contributed by atoms with Gasteiger partial charge in [-0.3, -0.25) is 4.79 Å². The van der Waals surface area contributed by atoms with E-state index in [1.165, 1.54) is 30.9 Å². The third-order valence-corrected chi connectivity index (χ3v) is 6.71. The number of unbranched alkanes of at least 4 members (excludes halogenated alkanes) is 1. The van der Waals surface area contributed by atoms with Crippen molar-refractivity contribution in [1.29, 1.82) is 0 Å². The maximum atomic E-state index is 14.0. The maximum absolute atomic E-state index is 14.0. The van der Waals surface area contributed by atoms with Crippen LogP contribution in [0.25, 0.3) is 5.70 Å². The summed E-state index contributed by atoms with van der Waals surface area (Å²) in [5.41, 5.74) is 10.8. The molecule has 3 rings (SSSR count). The van der Waals surface area contributed by atoms with Gasteiger partial charge in [0.05, 0.1) is 11.4 Å². The number of anilines is 3. The van der Waals surface area contributed by atoms with Crippen LogP contribution in [-0.2, 0) is 0 Å². The molecule has 1 unspecified atom stereocenters. The predicted octanol–water partition coefficient (Wildman–Crippen LogP) is 8.19. The summed E-state index contributed by atoms with van der Waals surface area (Å²) in [6.07, 6.45) is 6.60. The van der Waals surface area contributed by atoms with E-state index in [1.54, 1.807) is 30.3 Å². The van der Waals surface area contributed by atoms with Crippen molar-refractivity contribution in [2.24, 2.45) is 0 Å². The van der Waals surface area contributed by atoms with E-state index in [9.17, 15) is 9.18 Å². The molecule has 0 bridgehead atoms. The van der Waals surface area contributed by atoms with Gasteiger partial charge < -0.3 is 16.4 Å². The van der Waals surface area contributed by atoms with Crippen molar-refractivity contribution < 1.29 is 9.18 Å². The van der Waals surface area contributed by atoms with Crippen LogP contribution in [0, 0.1) is 5.82 Å². The number of aromatic nitrogens is 1. The van der Waals surface area contributed by atoms with E-state index < -0.39 is 0 Å². The van der Waals surface area contributed by atoms with Crippen molar-refractivity contribution in [2.75, 3.05) is 11.1 Å². The Kier molecular flexibility index (Phi) is 10.2. The van der Waals surface area contributed by atoms with Gasteiger partial charge in [-0.05, 0) is 79.6 Å². The number of allylic oxidation sites excluding steroid dienone is 1. The van der Waals surface area contributed by atoms with Crippen LogP contribution in [0.15, 0.2) is 66.2 Å². The van der Waals surface area contributed by atoms with Crippen LogP contribution < -0.4 is 16.4 Å². The Labute approximate surface area is 220 Å². The Bertz CT molecular complexity index is 1220. The topological polar surface area (TPSA) is 80.0 Å². The van der Waals surface area contributed by atoms with Gasteiger partial charge in [-0.2, -0.15) is 0 Å². The molecule has 196 valence electrons. The minimum absolute atomic E-state index is 0.192. The molecule has 0 saturated heterocycles. The average molecular weight is 503 g/mol. The lowest BCUT2D eigenvalue weighted by Crippen LogP contribution is -2.24. The van der Waals surface area contributed by atoms with Crippen LogP contribution in [0.4, 0.5) is 21.7 Å². The number of halogens is 1. The normalized spacial score (nSPS) is 12.6. The molecular formula is C31H39FN4O. The minimum atomic E-state index is -0.376.